The van der Waals surface area contributed by atoms with Crippen molar-refractivity contribution in [1.82, 2.24) is 9.88 Å². The number of Topliss-reactive ketones (excluding diaryl/α,β-unsaturated/α-hetero) is 1. The molecule has 1 saturated carbocycles. The summed E-state index contributed by atoms with van der Waals surface area (Å²) in [7, 11) is 0. The molecule has 114 valence electrons. The Kier molecular flexibility index (Phi) is 4.86. The van der Waals surface area contributed by atoms with Gasteiger partial charge in [0.1, 0.15) is 11.6 Å². The van der Waals surface area contributed by atoms with Gasteiger partial charge in [-0.2, -0.15) is 0 Å². The fourth-order valence-electron chi connectivity index (χ4n) is 3.39. The maximum atomic E-state index is 11.3. The number of ketones is 1. The van der Waals surface area contributed by atoms with Crippen molar-refractivity contribution in [3.63, 3.8) is 0 Å². The van der Waals surface area contributed by atoms with Gasteiger partial charge in [-0.3, -0.25) is 9.69 Å². The van der Waals surface area contributed by atoms with Crippen LogP contribution in [0.4, 0.5) is 5.82 Å². The molecule has 1 aliphatic carbocycles. The van der Waals surface area contributed by atoms with Gasteiger partial charge in [-0.1, -0.05) is 6.07 Å². The maximum absolute atomic E-state index is 11.3. The van der Waals surface area contributed by atoms with E-state index in [9.17, 15) is 4.79 Å². The minimum Gasteiger partial charge on any atom is -0.354 e. The lowest BCUT2D eigenvalue weighted by atomic mass is 9.86. The molecular formula is C17H25N3O. The second-order valence-electron chi connectivity index (χ2n) is 6.29. The molecular weight excluding hydrogens is 262 g/mol. The van der Waals surface area contributed by atoms with Crippen LogP contribution in [0, 0.1) is 5.92 Å². The largest absolute Gasteiger partial charge is 0.354 e. The highest BCUT2D eigenvalue weighted by Crippen LogP contribution is 2.24. The Morgan fingerprint density at radius 1 is 1.10 bits per heavy atom. The lowest BCUT2D eigenvalue weighted by Gasteiger charge is -2.36. The van der Waals surface area contributed by atoms with E-state index in [1.807, 2.05) is 12.3 Å². The predicted molar refractivity (Wildman–Crippen MR) is 84.5 cm³/mol. The van der Waals surface area contributed by atoms with Gasteiger partial charge in [0, 0.05) is 45.2 Å². The van der Waals surface area contributed by atoms with Gasteiger partial charge in [-0.15, -0.1) is 0 Å². The molecule has 3 rings (SSSR count). The van der Waals surface area contributed by atoms with Crippen LogP contribution in [0.1, 0.15) is 32.1 Å². The van der Waals surface area contributed by atoms with Gasteiger partial charge in [0.2, 0.25) is 0 Å². The van der Waals surface area contributed by atoms with Gasteiger partial charge >= 0.3 is 0 Å². The van der Waals surface area contributed by atoms with E-state index in [0.717, 1.165) is 63.6 Å². The topological polar surface area (TPSA) is 36.4 Å². The normalized spacial score (nSPS) is 21.7. The molecule has 1 aliphatic heterocycles. The second kappa shape index (κ2) is 7.03. The molecule has 1 aromatic rings. The zero-order valence-electron chi connectivity index (χ0n) is 12.7. The van der Waals surface area contributed by atoms with Crippen LogP contribution < -0.4 is 4.90 Å². The molecule has 0 spiro atoms. The number of hydrogen-bond donors (Lipinski definition) is 0. The number of hydrogen-bond acceptors (Lipinski definition) is 4. The summed E-state index contributed by atoms with van der Waals surface area (Å²) >= 11 is 0. The Labute approximate surface area is 127 Å². The van der Waals surface area contributed by atoms with Crippen LogP contribution in [0.5, 0.6) is 0 Å². The summed E-state index contributed by atoms with van der Waals surface area (Å²) in [6.07, 6.45) is 7.00. The minimum atomic E-state index is 0.468. The molecule has 0 aromatic carbocycles. The van der Waals surface area contributed by atoms with Crippen LogP contribution in [-0.4, -0.2) is 48.4 Å². The van der Waals surface area contributed by atoms with E-state index < -0.39 is 0 Å². The van der Waals surface area contributed by atoms with Crippen molar-refractivity contribution in [2.45, 2.75) is 32.1 Å². The number of anilines is 1. The van der Waals surface area contributed by atoms with E-state index in [4.69, 9.17) is 0 Å². The fourth-order valence-corrected chi connectivity index (χ4v) is 3.39. The van der Waals surface area contributed by atoms with Crippen molar-refractivity contribution in [2.24, 2.45) is 5.92 Å². The zero-order valence-corrected chi connectivity index (χ0v) is 12.7. The van der Waals surface area contributed by atoms with E-state index in [-0.39, 0.29) is 0 Å². The number of pyridine rings is 1. The van der Waals surface area contributed by atoms with Gasteiger partial charge in [-0.25, -0.2) is 4.98 Å². The molecule has 2 aliphatic rings. The Morgan fingerprint density at radius 3 is 2.52 bits per heavy atom. The summed E-state index contributed by atoms with van der Waals surface area (Å²) in [5.41, 5.74) is 0. The molecule has 2 heterocycles. The van der Waals surface area contributed by atoms with Crippen molar-refractivity contribution >= 4 is 11.6 Å². The average Bonchev–Trinajstić information content (AvgIpc) is 2.56. The Balaban J connectivity index is 1.39. The van der Waals surface area contributed by atoms with Crippen molar-refractivity contribution in [1.29, 1.82) is 0 Å². The van der Waals surface area contributed by atoms with E-state index in [1.165, 1.54) is 13.0 Å². The summed E-state index contributed by atoms with van der Waals surface area (Å²) in [4.78, 5) is 20.6. The smallest absolute Gasteiger partial charge is 0.132 e. The molecule has 0 N–H and O–H groups in total. The molecule has 1 aromatic heterocycles. The van der Waals surface area contributed by atoms with Crippen LogP contribution in [0.3, 0.4) is 0 Å². The SMILES string of the molecule is O=C1CCC(CCN2CCN(c3ccccn3)CC2)CC1. The molecule has 1 saturated heterocycles. The molecule has 0 unspecified atom stereocenters. The van der Waals surface area contributed by atoms with Crippen LogP contribution in [0.2, 0.25) is 0 Å². The third-order valence-corrected chi connectivity index (χ3v) is 4.86. The van der Waals surface area contributed by atoms with Gasteiger partial charge in [-0.05, 0) is 43.9 Å². The highest BCUT2D eigenvalue weighted by Gasteiger charge is 2.21. The first-order chi connectivity index (χ1) is 10.3. The van der Waals surface area contributed by atoms with Gasteiger partial charge in [0.15, 0.2) is 0 Å². The highest BCUT2D eigenvalue weighted by atomic mass is 16.1. The van der Waals surface area contributed by atoms with Crippen molar-refractivity contribution in [3.8, 4) is 0 Å². The number of piperazine rings is 1. The van der Waals surface area contributed by atoms with E-state index >= 15 is 0 Å². The summed E-state index contributed by atoms with van der Waals surface area (Å²) in [5.74, 6) is 2.34. The van der Waals surface area contributed by atoms with Gasteiger partial charge in [0.05, 0.1) is 0 Å². The molecule has 4 nitrogen and oxygen atoms in total. The van der Waals surface area contributed by atoms with Crippen molar-refractivity contribution < 1.29 is 4.79 Å². The Hall–Kier alpha value is -1.42. The second-order valence-corrected chi connectivity index (χ2v) is 6.29. The van der Waals surface area contributed by atoms with E-state index in [1.54, 1.807) is 0 Å². The molecule has 0 bridgehead atoms. The number of carbonyl (C=O) groups excluding carboxylic acids is 1. The quantitative estimate of drug-likeness (QED) is 0.852. The fraction of sp³-hybridized carbons (Fsp3) is 0.647. The van der Waals surface area contributed by atoms with Gasteiger partial charge in [0.25, 0.3) is 0 Å². The predicted octanol–water partition coefficient (Wildman–Crippen LogP) is 2.35. The number of aromatic nitrogens is 1. The average molecular weight is 287 g/mol. The third-order valence-electron chi connectivity index (χ3n) is 4.86. The summed E-state index contributed by atoms with van der Waals surface area (Å²) < 4.78 is 0. The molecule has 4 heteroatoms. The van der Waals surface area contributed by atoms with Crippen molar-refractivity contribution in [2.75, 3.05) is 37.6 Å². The number of nitrogens with zero attached hydrogens (tertiary/aromatic N) is 3. The Bertz CT molecular complexity index is 444. The first kappa shape index (κ1) is 14.5. The Morgan fingerprint density at radius 2 is 1.86 bits per heavy atom. The van der Waals surface area contributed by atoms with Crippen LogP contribution in [-0.2, 0) is 4.79 Å². The summed E-state index contributed by atoms with van der Waals surface area (Å²) in [6, 6.07) is 6.11. The lowest BCUT2D eigenvalue weighted by molar-refractivity contribution is -0.121. The number of rotatable bonds is 4. The van der Waals surface area contributed by atoms with E-state index in [2.05, 4.69) is 26.9 Å². The summed E-state index contributed by atoms with van der Waals surface area (Å²) in [5, 5.41) is 0. The summed E-state index contributed by atoms with van der Waals surface area (Å²) in [6.45, 7) is 5.58. The van der Waals surface area contributed by atoms with Crippen LogP contribution >= 0.6 is 0 Å². The monoisotopic (exact) mass is 287 g/mol. The standard InChI is InChI=1S/C17H25N3O/c21-16-6-4-15(5-7-16)8-10-19-11-13-20(14-12-19)17-3-1-2-9-18-17/h1-3,9,15H,4-8,10-14H2. The molecule has 0 amide bonds. The van der Waals surface area contributed by atoms with E-state index in [0.29, 0.717) is 5.78 Å². The first-order valence-corrected chi connectivity index (χ1v) is 8.21. The lowest BCUT2D eigenvalue weighted by Crippen LogP contribution is -2.47. The highest BCUT2D eigenvalue weighted by molar-refractivity contribution is 5.78. The van der Waals surface area contributed by atoms with Crippen LogP contribution in [0.25, 0.3) is 0 Å². The maximum Gasteiger partial charge on any atom is 0.132 e. The molecule has 0 radical (unpaired) electrons. The minimum absolute atomic E-state index is 0.468. The third kappa shape index (κ3) is 4.03. The molecule has 0 atom stereocenters. The van der Waals surface area contributed by atoms with Crippen LogP contribution in [0.15, 0.2) is 24.4 Å². The first-order valence-electron chi connectivity index (χ1n) is 8.21. The molecule has 21 heavy (non-hydrogen) atoms. The molecule has 2 fully saturated rings. The number of carbonyl (C=O) groups is 1. The zero-order chi connectivity index (χ0) is 14.5. The van der Waals surface area contributed by atoms with Gasteiger partial charge < -0.3 is 4.90 Å². The van der Waals surface area contributed by atoms with Crippen molar-refractivity contribution in [3.05, 3.63) is 24.4 Å².